The highest BCUT2D eigenvalue weighted by atomic mass is 32.2. The molecule has 5 aromatic rings. The van der Waals surface area contributed by atoms with E-state index in [0.717, 1.165) is 43.3 Å². The van der Waals surface area contributed by atoms with Crippen LogP contribution in [0.25, 0.3) is 21.6 Å². The number of hydrogen-bond donors (Lipinski definition) is 0. The van der Waals surface area contributed by atoms with Crippen molar-refractivity contribution in [1.29, 1.82) is 0 Å². The molecule has 30 heavy (non-hydrogen) atoms. The van der Waals surface area contributed by atoms with Crippen LogP contribution >= 0.6 is 23.1 Å². The number of aryl methyl sites for hydroxylation is 1. The maximum atomic E-state index is 5.58. The maximum absolute atomic E-state index is 5.58. The van der Waals surface area contributed by atoms with Gasteiger partial charge in [0.25, 0.3) is 0 Å². The van der Waals surface area contributed by atoms with Crippen LogP contribution < -0.4 is 4.74 Å². The van der Waals surface area contributed by atoms with E-state index < -0.39 is 0 Å². The van der Waals surface area contributed by atoms with Crippen molar-refractivity contribution in [1.82, 2.24) is 24.7 Å². The van der Waals surface area contributed by atoms with Gasteiger partial charge in [-0.25, -0.2) is 9.97 Å². The van der Waals surface area contributed by atoms with E-state index in [4.69, 9.17) is 9.15 Å². The van der Waals surface area contributed by atoms with Crippen LogP contribution in [0.2, 0.25) is 0 Å². The Morgan fingerprint density at radius 2 is 2.00 bits per heavy atom. The summed E-state index contributed by atoms with van der Waals surface area (Å²) in [6.07, 6.45) is 3.26. The van der Waals surface area contributed by atoms with E-state index in [1.54, 1.807) is 31.0 Å². The Kier molecular flexibility index (Phi) is 4.97. The zero-order chi connectivity index (χ0) is 20.5. The Hall–Kier alpha value is -3.17. The molecule has 0 radical (unpaired) electrons. The molecule has 0 saturated carbocycles. The number of furan rings is 1. The van der Waals surface area contributed by atoms with Crippen molar-refractivity contribution < 1.29 is 9.15 Å². The third-order valence-electron chi connectivity index (χ3n) is 4.56. The maximum Gasteiger partial charge on any atom is 0.198 e. The van der Waals surface area contributed by atoms with Gasteiger partial charge >= 0.3 is 0 Å². The summed E-state index contributed by atoms with van der Waals surface area (Å²) in [5.41, 5.74) is 0.945. The van der Waals surface area contributed by atoms with Gasteiger partial charge in [0.15, 0.2) is 11.0 Å². The molecule has 0 spiro atoms. The van der Waals surface area contributed by atoms with Gasteiger partial charge in [-0.1, -0.05) is 0 Å². The number of nitrogens with zero attached hydrogens (tertiary/aromatic N) is 5. The number of benzene rings is 1. The zero-order valence-corrected chi connectivity index (χ0v) is 17.9. The van der Waals surface area contributed by atoms with Crippen molar-refractivity contribution in [3.63, 3.8) is 0 Å². The van der Waals surface area contributed by atoms with E-state index in [-0.39, 0.29) is 0 Å². The summed E-state index contributed by atoms with van der Waals surface area (Å²) in [5.74, 6) is 2.37. The average molecular weight is 436 g/mol. The highest BCUT2D eigenvalue weighted by Crippen LogP contribution is 2.35. The topological polar surface area (TPSA) is 78.9 Å². The summed E-state index contributed by atoms with van der Waals surface area (Å²) >= 11 is 3.14. The fraction of sp³-hybridized carbons (Fsp3) is 0.143. The third kappa shape index (κ3) is 3.57. The molecular weight excluding hydrogens is 418 g/mol. The van der Waals surface area contributed by atoms with E-state index in [2.05, 4.69) is 33.2 Å². The molecular formula is C21H17N5O2S2. The van der Waals surface area contributed by atoms with Crippen LogP contribution in [-0.2, 0) is 6.54 Å². The minimum Gasteiger partial charge on any atom is -0.497 e. The summed E-state index contributed by atoms with van der Waals surface area (Å²) in [4.78, 5) is 11.0. The second-order valence-electron chi connectivity index (χ2n) is 6.56. The van der Waals surface area contributed by atoms with Crippen molar-refractivity contribution in [2.45, 2.75) is 23.7 Å². The second kappa shape index (κ2) is 7.92. The molecule has 1 aromatic carbocycles. The predicted octanol–water partition coefficient (Wildman–Crippen LogP) is 5.06. The number of thiophene rings is 1. The monoisotopic (exact) mass is 435 g/mol. The largest absolute Gasteiger partial charge is 0.497 e. The first-order valence-corrected chi connectivity index (χ1v) is 10.8. The fourth-order valence-corrected chi connectivity index (χ4v) is 4.93. The Labute approximate surface area is 180 Å². The smallest absolute Gasteiger partial charge is 0.198 e. The molecule has 9 heteroatoms. The van der Waals surface area contributed by atoms with Crippen molar-refractivity contribution in [2.24, 2.45) is 0 Å². The van der Waals surface area contributed by atoms with Gasteiger partial charge in [0, 0.05) is 15.8 Å². The minimum absolute atomic E-state index is 0.514. The van der Waals surface area contributed by atoms with Crippen LogP contribution in [-0.4, -0.2) is 31.8 Å². The first-order chi connectivity index (χ1) is 14.7. The molecule has 0 fully saturated rings. The Balaban J connectivity index is 1.57. The van der Waals surface area contributed by atoms with Gasteiger partial charge in [-0.05, 0) is 61.2 Å². The molecule has 0 saturated heterocycles. The van der Waals surface area contributed by atoms with E-state index in [1.165, 1.54) is 16.6 Å². The molecule has 4 aromatic heterocycles. The summed E-state index contributed by atoms with van der Waals surface area (Å²) in [5, 5.41) is 11.6. The molecule has 0 aliphatic rings. The second-order valence-corrected chi connectivity index (χ2v) is 8.75. The van der Waals surface area contributed by atoms with Crippen LogP contribution in [0.3, 0.4) is 0 Å². The van der Waals surface area contributed by atoms with E-state index in [1.807, 2.05) is 41.0 Å². The van der Waals surface area contributed by atoms with Gasteiger partial charge in [0.2, 0.25) is 0 Å². The minimum atomic E-state index is 0.514. The van der Waals surface area contributed by atoms with Crippen LogP contribution in [0.5, 0.6) is 5.75 Å². The molecule has 7 nitrogen and oxygen atoms in total. The number of aromatic nitrogens is 5. The SMILES string of the molecule is COc1ccc(-c2nnc(Sc3ncnc4sc(C)cc34)n2Cc2ccco2)cc1. The van der Waals surface area contributed by atoms with Gasteiger partial charge < -0.3 is 9.15 Å². The van der Waals surface area contributed by atoms with Crippen molar-refractivity contribution in [3.8, 4) is 17.1 Å². The van der Waals surface area contributed by atoms with Crippen molar-refractivity contribution >= 4 is 33.3 Å². The number of rotatable bonds is 6. The molecule has 0 atom stereocenters. The van der Waals surface area contributed by atoms with Gasteiger partial charge in [-0.2, -0.15) is 0 Å². The molecule has 0 amide bonds. The van der Waals surface area contributed by atoms with Crippen molar-refractivity contribution in [3.05, 3.63) is 65.7 Å². The summed E-state index contributed by atoms with van der Waals surface area (Å²) in [7, 11) is 1.65. The van der Waals surface area contributed by atoms with E-state index in [9.17, 15) is 0 Å². The third-order valence-corrected chi connectivity index (χ3v) is 6.52. The molecule has 5 rings (SSSR count). The lowest BCUT2D eigenvalue weighted by Gasteiger charge is -2.09. The lowest BCUT2D eigenvalue weighted by atomic mass is 10.2. The first kappa shape index (κ1) is 18.8. The van der Waals surface area contributed by atoms with E-state index >= 15 is 0 Å². The van der Waals surface area contributed by atoms with Crippen molar-refractivity contribution in [2.75, 3.05) is 7.11 Å². The van der Waals surface area contributed by atoms with Gasteiger partial charge in [0.1, 0.15) is 27.7 Å². The fourth-order valence-electron chi connectivity index (χ4n) is 3.14. The molecule has 0 unspecified atom stereocenters. The summed E-state index contributed by atoms with van der Waals surface area (Å²) < 4.78 is 12.9. The normalized spacial score (nSPS) is 11.3. The first-order valence-electron chi connectivity index (χ1n) is 9.20. The quantitative estimate of drug-likeness (QED) is 0.345. The molecule has 0 bridgehead atoms. The molecule has 150 valence electrons. The lowest BCUT2D eigenvalue weighted by molar-refractivity contribution is 0.415. The Morgan fingerprint density at radius 1 is 1.13 bits per heavy atom. The molecule has 0 aliphatic carbocycles. The van der Waals surface area contributed by atoms with Gasteiger partial charge in [-0.15, -0.1) is 21.5 Å². The average Bonchev–Trinajstić information content (AvgIpc) is 3.49. The van der Waals surface area contributed by atoms with Crippen LogP contribution in [0.15, 0.2) is 69.7 Å². The van der Waals surface area contributed by atoms with Crippen LogP contribution in [0.4, 0.5) is 0 Å². The highest BCUT2D eigenvalue weighted by Gasteiger charge is 2.19. The summed E-state index contributed by atoms with van der Waals surface area (Å²) in [6, 6.07) is 13.7. The zero-order valence-electron chi connectivity index (χ0n) is 16.3. The number of methoxy groups -OCH3 is 1. The highest BCUT2D eigenvalue weighted by molar-refractivity contribution is 7.99. The molecule has 4 heterocycles. The lowest BCUT2D eigenvalue weighted by Crippen LogP contribution is -2.03. The van der Waals surface area contributed by atoms with Crippen LogP contribution in [0, 0.1) is 6.92 Å². The standard InChI is InChI=1S/C21H17N5O2S2/c1-13-10-17-19(29-13)22-12-23-20(17)30-21-25-24-18(14-5-7-15(27-2)8-6-14)26(21)11-16-4-3-9-28-16/h3-10,12H,11H2,1-2H3. The number of hydrogen-bond acceptors (Lipinski definition) is 8. The number of fused-ring (bicyclic) bond motifs is 1. The Morgan fingerprint density at radius 3 is 2.77 bits per heavy atom. The molecule has 0 aliphatic heterocycles. The predicted molar refractivity (Wildman–Crippen MR) is 116 cm³/mol. The van der Waals surface area contributed by atoms with Gasteiger partial charge in [0.05, 0.1) is 19.9 Å². The summed E-state index contributed by atoms with van der Waals surface area (Å²) in [6.45, 7) is 2.59. The molecule has 0 N–H and O–H groups in total. The Bertz CT molecular complexity index is 1290. The van der Waals surface area contributed by atoms with E-state index in [0.29, 0.717) is 6.54 Å². The van der Waals surface area contributed by atoms with Gasteiger partial charge in [-0.3, -0.25) is 4.57 Å². The number of ether oxygens (including phenoxy) is 1. The van der Waals surface area contributed by atoms with Crippen LogP contribution in [0.1, 0.15) is 10.6 Å².